The van der Waals surface area contributed by atoms with E-state index in [0.717, 1.165) is 15.7 Å². The van der Waals surface area contributed by atoms with Crippen molar-refractivity contribution in [1.82, 2.24) is 0 Å². The van der Waals surface area contributed by atoms with Crippen LogP contribution in [0.3, 0.4) is 0 Å². The molecule has 0 fully saturated rings. The minimum Gasteiger partial charge on any atom is -0.369 e. The zero-order valence-electron chi connectivity index (χ0n) is 10.1. The summed E-state index contributed by atoms with van der Waals surface area (Å²) in [5, 5.41) is 7.10. The van der Waals surface area contributed by atoms with Crippen molar-refractivity contribution < 1.29 is 4.79 Å². The van der Waals surface area contributed by atoms with Crippen molar-refractivity contribution in [2.75, 3.05) is 10.6 Å². The molecule has 0 radical (unpaired) electrons. The quantitative estimate of drug-likeness (QED) is 0.791. The number of carbonyl (C=O) groups excluding carboxylic acids is 1. The molecule has 0 aliphatic carbocycles. The summed E-state index contributed by atoms with van der Waals surface area (Å²) in [5.74, 6) is -0.124. The topological polar surface area (TPSA) is 41.1 Å². The maximum Gasteiger partial charge on any atom is 0.251 e. The van der Waals surface area contributed by atoms with Gasteiger partial charge in [0.05, 0.1) is 10.7 Å². The molecular formula is C14H9BrCl2N2O. The van der Waals surface area contributed by atoms with Gasteiger partial charge in [-0.15, -0.1) is 0 Å². The number of fused-ring (bicyclic) bond motifs is 1. The molecule has 1 heterocycles. The Morgan fingerprint density at radius 1 is 1.15 bits per heavy atom. The Morgan fingerprint density at radius 3 is 2.70 bits per heavy atom. The van der Waals surface area contributed by atoms with Crippen molar-refractivity contribution in [1.29, 1.82) is 0 Å². The van der Waals surface area contributed by atoms with Gasteiger partial charge in [-0.05, 0) is 36.4 Å². The van der Waals surface area contributed by atoms with Gasteiger partial charge in [-0.2, -0.15) is 0 Å². The lowest BCUT2D eigenvalue weighted by molar-refractivity contribution is -0.116. The highest BCUT2D eigenvalue weighted by Crippen LogP contribution is 2.37. The van der Waals surface area contributed by atoms with Crippen LogP contribution < -0.4 is 10.6 Å². The Balaban J connectivity index is 1.95. The van der Waals surface area contributed by atoms with E-state index in [1.165, 1.54) is 0 Å². The molecule has 2 aromatic rings. The summed E-state index contributed by atoms with van der Waals surface area (Å²) in [6.45, 7) is 0. The van der Waals surface area contributed by atoms with E-state index >= 15 is 0 Å². The maximum absolute atomic E-state index is 12.1. The predicted octanol–water partition coefficient (Wildman–Crippen LogP) is 4.86. The molecule has 102 valence electrons. The van der Waals surface area contributed by atoms with Crippen LogP contribution in [0, 0.1) is 0 Å². The highest BCUT2D eigenvalue weighted by atomic mass is 79.9. The van der Waals surface area contributed by atoms with Gasteiger partial charge in [0.2, 0.25) is 0 Å². The van der Waals surface area contributed by atoms with E-state index in [1.807, 2.05) is 12.1 Å². The predicted molar refractivity (Wildman–Crippen MR) is 85.6 cm³/mol. The number of hydrogen-bond donors (Lipinski definition) is 2. The Morgan fingerprint density at radius 2 is 1.95 bits per heavy atom. The first kappa shape index (κ1) is 13.7. The monoisotopic (exact) mass is 370 g/mol. The minimum atomic E-state index is -0.498. The number of nitrogens with one attached hydrogen (secondary N) is 2. The van der Waals surface area contributed by atoms with E-state index in [4.69, 9.17) is 23.2 Å². The largest absolute Gasteiger partial charge is 0.369 e. The average molecular weight is 372 g/mol. The summed E-state index contributed by atoms with van der Waals surface area (Å²) in [7, 11) is 0. The first-order chi connectivity index (χ1) is 9.54. The van der Waals surface area contributed by atoms with Gasteiger partial charge in [-0.1, -0.05) is 39.1 Å². The number of rotatable bonds is 2. The molecule has 1 unspecified atom stereocenters. The number of anilines is 2. The van der Waals surface area contributed by atoms with E-state index in [9.17, 15) is 4.79 Å². The van der Waals surface area contributed by atoms with Crippen molar-refractivity contribution >= 4 is 56.4 Å². The number of benzene rings is 2. The van der Waals surface area contributed by atoms with Crippen LogP contribution in [0.4, 0.5) is 11.4 Å². The molecule has 1 aliphatic rings. The van der Waals surface area contributed by atoms with Gasteiger partial charge in [0.1, 0.15) is 6.04 Å². The van der Waals surface area contributed by atoms with Gasteiger partial charge in [0.15, 0.2) is 0 Å². The van der Waals surface area contributed by atoms with Crippen LogP contribution >= 0.6 is 39.1 Å². The molecule has 0 bridgehead atoms. The highest BCUT2D eigenvalue weighted by Gasteiger charge is 2.30. The van der Waals surface area contributed by atoms with Crippen LogP contribution in [0.1, 0.15) is 11.6 Å². The third-order valence-electron chi connectivity index (χ3n) is 3.08. The molecule has 1 aliphatic heterocycles. The summed E-state index contributed by atoms with van der Waals surface area (Å²) >= 11 is 15.5. The maximum atomic E-state index is 12.1. The van der Waals surface area contributed by atoms with Crippen molar-refractivity contribution in [2.45, 2.75) is 6.04 Å². The third kappa shape index (κ3) is 2.51. The molecule has 1 amide bonds. The number of carbonyl (C=O) groups is 1. The molecule has 20 heavy (non-hydrogen) atoms. The van der Waals surface area contributed by atoms with Crippen LogP contribution in [0.25, 0.3) is 0 Å². The van der Waals surface area contributed by atoms with Crippen LogP contribution in [0.15, 0.2) is 40.9 Å². The first-order valence-corrected chi connectivity index (χ1v) is 7.41. The molecule has 0 spiro atoms. The minimum absolute atomic E-state index is 0.124. The molecule has 2 aromatic carbocycles. The second kappa shape index (κ2) is 5.28. The van der Waals surface area contributed by atoms with E-state index in [2.05, 4.69) is 26.6 Å². The van der Waals surface area contributed by atoms with Gasteiger partial charge in [-0.25, -0.2) is 0 Å². The van der Waals surface area contributed by atoms with Gasteiger partial charge in [0.25, 0.3) is 5.91 Å². The molecule has 6 heteroatoms. The lowest BCUT2D eigenvalue weighted by Gasteiger charge is -2.14. The summed E-state index contributed by atoms with van der Waals surface area (Å²) in [5.41, 5.74) is 2.29. The molecule has 0 aromatic heterocycles. The zero-order valence-corrected chi connectivity index (χ0v) is 13.2. The number of hydrogen-bond acceptors (Lipinski definition) is 2. The van der Waals surface area contributed by atoms with Gasteiger partial charge in [0, 0.05) is 20.7 Å². The van der Waals surface area contributed by atoms with Crippen molar-refractivity contribution in [3.8, 4) is 0 Å². The number of halogens is 3. The number of amides is 1. The SMILES string of the molecule is O=C1Nc2ccc(Cl)cc2C1Nc1ccc(Br)cc1Cl. The Kier molecular flexibility index (Phi) is 3.63. The Labute approximate surface area is 134 Å². The molecule has 0 saturated heterocycles. The second-order valence-corrected chi connectivity index (χ2v) is 6.18. The molecule has 2 N–H and O–H groups in total. The smallest absolute Gasteiger partial charge is 0.251 e. The lowest BCUT2D eigenvalue weighted by atomic mass is 10.1. The van der Waals surface area contributed by atoms with Crippen LogP contribution in [-0.4, -0.2) is 5.91 Å². The molecule has 1 atom stereocenters. The summed E-state index contributed by atoms with van der Waals surface area (Å²) in [6, 6.07) is 10.3. The van der Waals surface area contributed by atoms with Crippen molar-refractivity contribution in [3.63, 3.8) is 0 Å². The molecule has 3 nitrogen and oxygen atoms in total. The van der Waals surface area contributed by atoms with Gasteiger partial charge in [-0.3, -0.25) is 4.79 Å². The fourth-order valence-electron chi connectivity index (χ4n) is 2.14. The molecule has 0 saturated carbocycles. The average Bonchev–Trinajstić information content (AvgIpc) is 2.69. The fourth-order valence-corrected chi connectivity index (χ4v) is 3.05. The van der Waals surface area contributed by atoms with Gasteiger partial charge >= 0.3 is 0 Å². The fraction of sp³-hybridized carbons (Fsp3) is 0.0714. The van der Waals surface area contributed by atoms with Crippen molar-refractivity contribution in [2.24, 2.45) is 0 Å². The standard InChI is InChI=1S/C14H9BrCl2N2O/c15-7-1-3-12(10(17)5-7)18-13-9-6-8(16)2-4-11(9)19-14(13)20/h1-6,13,18H,(H,19,20). The van der Waals surface area contributed by atoms with E-state index in [0.29, 0.717) is 15.7 Å². The lowest BCUT2D eigenvalue weighted by Crippen LogP contribution is -2.19. The van der Waals surface area contributed by atoms with E-state index in [1.54, 1.807) is 24.3 Å². The summed E-state index contributed by atoms with van der Waals surface area (Å²) < 4.78 is 0.882. The van der Waals surface area contributed by atoms with E-state index in [-0.39, 0.29) is 5.91 Å². The van der Waals surface area contributed by atoms with Crippen LogP contribution in [0.5, 0.6) is 0 Å². The Hall–Kier alpha value is -1.23. The summed E-state index contributed by atoms with van der Waals surface area (Å²) in [6.07, 6.45) is 0. The normalized spacial score (nSPS) is 16.8. The molecular weight excluding hydrogens is 363 g/mol. The summed E-state index contributed by atoms with van der Waals surface area (Å²) in [4.78, 5) is 12.1. The van der Waals surface area contributed by atoms with E-state index < -0.39 is 6.04 Å². The zero-order chi connectivity index (χ0) is 14.3. The van der Waals surface area contributed by atoms with Gasteiger partial charge < -0.3 is 10.6 Å². The van der Waals surface area contributed by atoms with Crippen molar-refractivity contribution in [3.05, 3.63) is 56.5 Å². The Bertz CT molecular complexity index is 706. The van der Waals surface area contributed by atoms with Crippen LogP contribution in [0.2, 0.25) is 10.0 Å². The first-order valence-electron chi connectivity index (χ1n) is 5.86. The second-order valence-electron chi connectivity index (χ2n) is 4.42. The highest BCUT2D eigenvalue weighted by molar-refractivity contribution is 9.10. The molecule has 3 rings (SSSR count). The third-order valence-corrected chi connectivity index (χ3v) is 4.12. The van der Waals surface area contributed by atoms with Crippen LogP contribution in [-0.2, 0) is 4.79 Å².